The van der Waals surface area contributed by atoms with Gasteiger partial charge in [0.25, 0.3) is 0 Å². The molecule has 2 unspecified atom stereocenters. The van der Waals surface area contributed by atoms with Crippen LogP contribution in [-0.4, -0.2) is 81.9 Å². The molecule has 2 saturated heterocycles. The molecule has 4 rings (SSSR count). The molecule has 0 radical (unpaired) electrons. The van der Waals surface area contributed by atoms with Crippen molar-refractivity contribution in [3.63, 3.8) is 0 Å². The summed E-state index contributed by atoms with van der Waals surface area (Å²) in [5.74, 6) is 2.43. The van der Waals surface area contributed by atoms with Crippen molar-refractivity contribution >= 4 is 5.82 Å². The number of aromatic nitrogens is 4. The van der Waals surface area contributed by atoms with E-state index in [9.17, 15) is 0 Å². The molecule has 0 saturated carbocycles. The minimum Gasteiger partial charge on any atom is -0.355 e. The molecule has 2 aromatic heterocycles. The third-order valence-corrected chi connectivity index (χ3v) is 5.60. The molecule has 25 heavy (non-hydrogen) atoms. The van der Waals surface area contributed by atoms with E-state index in [0.29, 0.717) is 12.0 Å². The quantitative estimate of drug-likeness (QED) is 0.834. The zero-order valence-electron chi connectivity index (χ0n) is 15.1. The van der Waals surface area contributed by atoms with Gasteiger partial charge in [-0.2, -0.15) is 0 Å². The highest BCUT2D eigenvalue weighted by Gasteiger charge is 2.32. The first-order valence-electron chi connectivity index (χ1n) is 9.20. The number of hydrogen-bond donors (Lipinski definition) is 0. The van der Waals surface area contributed by atoms with E-state index in [1.165, 1.54) is 32.6 Å². The monoisotopic (exact) mass is 341 g/mol. The van der Waals surface area contributed by atoms with Gasteiger partial charge in [0.1, 0.15) is 6.33 Å². The van der Waals surface area contributed by atoms with Crippen LogP contribution in [0.15, 0.2) is 30.9 Å². The van der Waals surface area contributed by atoms with Crippen LogP contribution in [0.5, 0.6) is 0 Å². The number of piperidine rings is 1. The second-order valence-corrected chi connectivity index (χ2v) is 7.34. The number of piperazine rings is 1. The third-order valence-electron chi connectivity index (χ3n) is 5.60. The van der Waals surface area contributed by atoms with Crippen molar-refractivity contribution < 1.29 is 0 Å². The molecule has 2 atom stereocenters. The van der Waals surface area contributed by atoms with Crippen molar-refractivity contribution in [1.82, 2.24) is 29.5 Å². The number of rotatable bonds is 3. The first kappa shape index (κ1) is 16.5. The molecular weight excluding hydrogens is 314 g/mol. The van der Waals surface area contributed by atoms with Crippen LogP contribution in [-0.2, 0) is 0 Å². The number of anilines is 1. The number of likely N-dealkylation sites (N-methyl/N-ethyl adjacent to an activating group) is 1. The van der Waals surface area contributed by atoms with Crippen molar-refractivity contribution in [3.05, 3.63) is 30.9 Å². The van der Waals surface area contributed by atoms with E-state index in [1.54, 1.807) is 12.5 Å². The van der Waals surface area contributed by atoms with Crippen molar-refractivity contribution in [2.24, 2.45) is 5.92 Å². The summed E-state index contributed by atoms with van der Waals surface area (Å²) in [6.45, 7) is 9.26. The fourth-order valence-corrected chi connectivity index (χ4v) is 4.06. The molecular formula is C18H27N7. The molecule has 0 bridgehead atoms. The van der Waals surface area contributed by atoms with Gasteiger partial charge in [0.15, 0.2) is 11.6 Å². The summed E-state index contributed by atoms with van der Waals surface area (Å²) < 4.78 is 1.87. The molecule has 7 nitrogen and oxygen atoms in total. The van der Waals surface area contributed by atoms with E-state index in [-0.39, 0.29) is 0 Å². The van der Waals surface area contributed by atoms with Crippen LogP contribution in [0.3, 0.4) is 0 Å². The topological polar surface area (TPSA) is 53.3 Å². The summed E-state index contributed by atoms with van der Waals surface area (Å²) in [6.07, 6.45) is 6.58. The van der Waals surface area contributed by atoms with E-state index >= 15 is 0 Å². The molecule has 7 heteroatoms. The van der Waals surface area contributed by atoms with Gasteiger partial charge in [0.05, 0.1) is 0 Å². The summed E-state index contributed by atoms with van der Waals surface area (Å²) in [7, 11) is 2.22. The Bertz CT molecular complexity index is 661. The number of nitrogens with zero attached hydrogens (tertiary/aromatic N) is 7. The SMILES string of the molecule is CC1CN(c2ccc(-n3ccnc3)nn2)CCC1N1CCN(C)CC1. The summed E-state index contributed by atoms with van der Waals surface area (Å²) >= 11 is 0. The summed E-state index contributed by atoms with van der Waals surface area (Å²) in [5, 5.41) is 8.80. The van der Waals surface area contributed by atoms with E-state index in [2.05, 4.69) is 49.9 Å². The minimum absolute atomic E-state index is 0.646. The lowest BCUT2D eigenvalue weighted by atomic mass is 9.92. The standard InChI is InChI=1S/C18H27N7/c1-15-13-24(7-5-16(15)23-11-9-22(2)10-12-23)17-3-4-18(21-20-17)25-8-6-19-14-25/h3-4,6,8,14-16H,5,7,9-13H2,1-2H3. The molecule has 0 aromatic carbocycles. The fraction of sp³-hybridized carbons (Fsp3) is 0.611. The minimum atomic E-state index is 0.646. The van der Waals surface area contributed by atoms with E-state index in [1.807, 2.05) is 16.8 Å². The van der Waals surface area contributed by atoms with E-state index in [0.717, 1.165) is 24.7 Å². The van der Waals surface area contributed by atoms with Gasteiger partial charge in [-0.15, -0.1) is 10.2 Å². The van der Waals surface area contributed by atoms with Crippen LogP contribution in [0.1, 0.15) is 13.3 Å². The highest BCUT2D eigenvalue weighted by molar-refractivity contribution is 5.40. The fourth-order valence-electron chi connectivity index (χ4n) is 4.06. The Balaban J connectivity index is 1.39. The zero-order chi connectivity index (χ0) is 17.2. The van der Waals surface area contributed by atoms with Crippen LogP contribution >= 0.6 is 0 Å². The van der Waals surface area contributed by atoms with Crippen LogP contribution in [0.4, 0.5) is 5.82 Å². The maximum Gasteiger partial charge on any atom is 0.160 e. The first-order chi connectivity index (χ1) is 12.2. The second kappa shape index (κ2) is 7.09. The normalized spacial score (nSPS) is 26.1. The van der Waals surface area contributed by atoms with Gasteiger partial charge in [-0.25, -0.2) is 4.98 Å². The average Bonchev–Trinajstić information content (AvgIpc) is 3.17. The molecule has 2 aromatic rings. The number of imidazole rings is 1. The maximum atomic E-state index is 4.45. The largest absolute Gasteiger partial charge is 0.355 e. The van der Waals surface area contributed by atoms with Gasteiger partial charge in [-0.05, 0) is 31.5 Å². The first-order valence-corrected chi connectivity index (χ1v) is 9.20. The van der Waals surface area contributed by atoms with Crippen LogP contribution < -0.4 is 4.90 Å². The lowest BCUT2D eigenvalue weighted by Gasteiger charge is -2.45. The Morgan fingerprint density at radius 3 is 2.40 bits per heavy atom. The highest BCUT2D eigenvalue weighted by atomic mass is 15.3. The molecule has 2 fully saturated rings. The average molecular weight is 341 g/mol. The van der Waals surface area contributed by atoms with Gasteiger partial charge < -0.3 is 9.80 Å². The molecule has 0 aliphatic carbocycles. The molecule has 2 aliphatic rings. The summed E-state index contributed by atoms with van der Waals surface area (Å²) in [6, 6.07) is 4.79. The lowest BCUT2D eigenvalue weighted by Crippen LogP contribution is -2.55. The van der Waals surface area contributed by atoms with Crippen LogP contribution in [0.25, 0.3) is 5.82 Å². The predicted octanol–water partition coefficient (Wildman–Crippen LogP) is 1.12. The van der Waals surface area contributed by atoms with Gasteiger partial charge in [-0.3, -0.25) is 9.47 Å². The Hall–Kier alpha value is -1.99. The van der Waals surface area contributed by atoms with Crippen molar-refractivity contribution in [3.8, 4) is 5.82 Å². The molecule has 4 heterocycles. The Morgan fingerprint density at radius 1 is 1.00 bits per heavy atom. The van der Waals surface area contributed by atoms with Crippen molar-refractivity contribution in [2.75, 3.05) is 51.2 Å². The van der Waals surface area contributed by atoms with Crippen LogP contribution in [0, 0.1) is 5.92 Å². The molecule has 2 aliphatic heterocycles. The molecule has 0 spiro atoms. The van der Waals surface area contributed by atoms with Gasteiger partial charge in [0.2, 0.25) is 0 Å². The second-order valence-electron chi connectivity index (χ2n) is 7.34. The predicted molar refractivity (Wildman–Crippen MR) is 98.0 cm³/mol. The number of hydrogen-bond acceptors (Lipinski definition) is 6. The zero-order valence-corrected chi connectivity index (χ0v) is 15.1. The Labute approximate surface area is 149 Å². The Morgan fingerprint density at radius 2 is 1.76 bits per heavy atom. The molecule has 134 valence electrons. The Kier molecular flexibility index (Phi) is 4.67. The maximum absolute atomic E-state index is 4.45. The molecule has 0 amide bonds. The smallest absolute Gasteiger partial charge is 0.160 e. The van der Waals surface area contributed by atoms with Crippen molar-refractivity contribution in [1.29, 1.82) is 0 Å². The summed E-state index contributed by atoms with van der Waals surface area (Å²) in [4.78, 5) is 11.5. The summed E-state index contributed by atoms with van der Waals surface area (Å²) in [5.41, 5.74) is 0. The van der Waals surface area contributed by atoms with Gasteiger partial charge in [-0.1, -0.05) is 6.92 Å². The lowest BCUT2D eigenvalue weighted by molar-refractivity contribution is 0.0736. The van der Waals surface area contributed by atoms with E-state index < -0.39 is 0 Å². The van der Waals surface area contributed by atoms with Gasteiger partial charge in [0, 0.05) is 57.7 Å². The van der Waals surface area contributed by atoms with Crippen LogP contribution in [0.2, 0.25) is 0 Å². The van der Waals surface area contributed by atoms with Gasteiger partial charge >= 0.3 is 0 Å². The third kappa shape index (κ3) is 3.52. The van der Waals surface area contributed by atoms with Crippen molar-refractivity contribution in [2.45, 2.75) is 19.4 Å². The molecule has 0 N–H and O–H groups in total. The highest BCUT2D eigenvalue weighted by Crippen LogP contribution is 2.26. The van der Waals surface area contributed by atoms with E-state index in [4.69, 9.17) is 0 Å².